The van der Waals surface area contributed by atoms with Crippen molar-refractivity contribution in [3.63, 3.8) is 0 Å². The largest absolute Gasteiger partial charge is 0.486 e. The summed E-state index contributed by atoms with van der Waals surface area (Å²) in [5.74, 6) is 0.917. The number of carbonyl (C=O) groups excluding carboxylic acids is 1. The lowest BCUT2D eigenvalue weighted by molar-refractivity contribution is 0.0929. The molecule has 1 amide bonds. The van der Waals surface area contributed by atoms with Crippen LogP contribution in [0.5, 0.6) is 5.75 Å². The van der Waals surface area contributed by atoms with Crippen LogP contribution in [0.15, 0.2) is 71.8 Å². The van der Waals surface area contributed by atoms with Crippen molar-refractivity contribution in [2.75, 3.05) is 0 Å². The summed E-state index contributed by atoms with van der Waals surface area (Å²) in [6.07, 6.45) is 4.77. The lowest BCUT2D eigenvalue weighted by Crippen LogP contribution is -2.35. The molecule has 2 aromatic heterocycles. The number of nitrogens with one attached hydrogen (secondary N) is 1. The van der Waals surface area contributed by atoms with Crippen molar-refractivity contribution in [2.24, 2.45) is 0 Å². The Labute approximate surface area is 172 Å². The van der Waals surface area contributed by atoms with Crippen LogP contribution in [-0.4, -0.2) is 31.9 Å². The number of aromatic nitrogens is 4. The summed E-state index contributed by atoms with van der Waals surface area (Å²) in [7, 11) is 0. The SMILES string of the molecule is O=C(NC1Cc2ccccc2C1)c1cc(COc2ccc(-n3cncn3)cc2)on1. The fraction of sp³-hybridized carbons (Fsp3) is 0.182. The van der Waals surface area contributed by atoms with Crippen LogP contribution >= 0.6 is 0 Å². The molecule has 0 aliphatic heterocycles. The van der Waals surface area contributed by atoms with Crippen LogP contribution in [0.4, 0.5) is 0 Å². The van der Waals surface area contributed by atoms with Gasteiger partial charge in [0.05, 0.1) is 5.69 Å². The van der Waals surface area contributed by atoms with Gasteiger partial charge in [0.25, 0.3) is 5.91 Å². The Hall–Kier alpha value is -3.94. The second kappa shape index (κ2) is 7.82. The number of nitrogens with zero attached hydrogens (tertiary/aromatic N) is 4. The molecule has 0 saturated carbocycles. The highest BCUT2D eigenvalue weighted by Gasteiger charge is 2.24. The van der Waals surface area contributed by atoms with E-state index in [1.807, 2.05) is 36.4 Å². The zero-order valence-corrected chi connectivity index (χ0v) is 16.1. The molecule has 1 N–H and O–H groups in total. The van der Waals surface area contributed by atoms with Crippen molar-refractivity contribution >= 4 is 5.91 Å². The van der Waals surface area contributed by atoms with Crippen molar-refractivity contribution < 1.29 is 14.1 Å². The molecule has 8 heteroatoms. The molecule has 150 valence electrons. The van der Waals surface area contributed by atoms with E-state index >= 15 is 0 Å². The van der Waals surface area contributed by atoms with Crippen LogP contribution in [0.2, 0.25) is 0 Å². The van der Waals surface area contributed by atoms with Crippen molar-refractivity contribution in [3.05, 3.63) is 89.8 Å². The van der Waals surface area contributed by atoms with Crippen LogP contribution in [0.1, 0.15) is 27.4 Å². The normalized spacial score (nSPS) is 13.2. The van der Waals surface area contributed by atoms with Crippen LogP contribution in [0.3, 0.4) is 0 Å². The molecule has 8 nitrogen and oxygen atoms in total. The van der Waals surface area contributed by atoms with Gasteiger partial charge in [-0.15, -0.1) is 0 Å². The van der Waals surface area contributed by atoms with Gasteiger partial charge in [0.15, 0.2) is 11.5 Å². The van der Waals surface area contributed by atoms with E-state index in [1.54, 1.807) is 17.1 Å². The van der Waals surface area contributed by atoms with Gasteiger partial charge in [-0.25, -0.2) is 9.67 Å². The Morgan fingerprint density at radius 2 is 1.90 bits per heavy atom. The van der Waals surface area contributed by atoms with Gasteiger partial charge in [-0.05, 0) is 48.2 Å². The molecule has 0 bridgehead atoms. The Morgan fingerprint density at radius 3 is 2.60 bits per heavy atom. The van der Waals surface area contributed by atoms with Crippen LogP contribution in [0, 0.1) is 0 Å². The highest BCUT2D eigenvalue weighted by atomic mass is 16.5. The van der Waals surface area contributed by atoms with E-state index in [0.717, 1.165) is 18.5 Å². The van der Waals surface area contributed by atoms with Crippen LogP contribution < -0.4 is 10.1 Å². The molecule has 30 heavy (non-hydrogen) atoms. The number of hydrogen-bond donors (Lipinski definition) is 1. The average molecular weight is 401 g/mol. The molecule has 2 aromatic carbocycles. The Kier molecular flexibility index (Phi) is 4.72. The Bertz CT molecular complexity index is 1130. The molecule has 0 saturated heterocycles. The molecule has 0 fully saturated rings. The Morgan fingerprint density at radius 1 is 1.13 bits per heavy atom. The van der Waals surface area contributed by atoms with E-state index in [0.29, 0.717) is 11.5 Å². The van der Waals surface area contributed by atoms with E-state index in [1.165, 1.54) is 17.5 Å². The molecule has 1 aliphatic rings. The monoisotopic (exact) mass is 401 g/mol. The number of ether oxygens (including phenoxy) is 1. The first kappa shape index (κ1) is 18.1. The molecule has 1 aliphatic carbocycles. The minimum Gasteiger partial charge on any atom is -0.486 e. The third kappa shape index (κ3) is 3.80. The zero-order chi connectivity index (χ0) is 20.3. The van der Waals surface area contributed by atoms with Gasteiger partial charge in [-0.3, -0.25) is 4.79 Å². The fourth-order valence-electron chi connectivity index (χ4n) is 3.60. The first-order chi connectivity index (χ1) is 14.7. The highest BCUT2D eigenvalue weighted by molar-refractivity contribution is 5.92. The molecule has 0 unspecified atom stereocenters. The lowest BCUT2D eigenvalue weighted by Gasteiger charge is -2.10. The second-order valence-corrected chi connectivity index (χ2v) is 7.15. The van der Waals surface area contributed by atoms with E-state index in [-0.39, 0.29) is 24.2 Å². The summed E-state index contributed by atoms with van der Waals surface area (Å²) in [5.41, 5.74) is 3.71. The van der Waals surface area contributed by atoms with Crippen molar-refractivity contribution in [3.8, 4) is 11.4 Å². The molecule has 5 rings (SSSR count). The van der Waals surface area contributed by atoms with Crippen molar-refractivity contribution in [1.82, 2.24) is 25.2 Å². The quantitative estimate of drug-likeness (QED) is 0.534. The van der Waals surface area contributed by atoms with Crippen LogP contribution in [-0.2, 0) is 19.4 Å². The average Bonchev–Trinajstić information content (AvgIpc) is 3.53. The van der Waals surface area contributed by atoms with E-state index in [2.05, 4.69) is 32.7 Å². The van der Waals surface area contributed by atoms with Gasteiger partial charge in [-0.2, -0.15) is 5.10 Å². The first-order valence-electron chi connectivity index (χ1n) is 9.66. The molecule has 4 aromatic rings. The molecular weight excluding hydrogens is 382 g/mol. The fourth-order valence-corrected chi connectivity index (χ4v) is 3.60. The number of fused-ring (bicyclic) bond motifs is 1. The van der Waals surface area contributed by atoms with E-state index in [4.69, 9.17) is 9.26 Å². The predicted molar refractivity (Wildman–Crippen MR) is 107 cm³/mol. The number of carbonyl (C=O) groups is 1. The van der Waals surface area contributed by atoms with Gasteiger partial charge in [0, 0.05) is 12.1 Å². The van der Waals surface area contributed by atoms with Gasteiger partial charge in [0.1, 0.15) is 25.0 Å². The van der Waals surface area contributed by atoms with E-state index in [9.17, 15) is 4.79 Å². The Balaban J connectivity index is 1.15. The lowest BCUT2D eigenvalue weighted by atomic mass is 10.1. The minimum atomic E-state index is -0.236. The summed E-state index contributed by atoms with van der Waals surface area (Å²) < 4.78 is 12.6. The minimum absolute atomic E-state index is 0.0785. The standard InChI is InChI=1S/C22H19N5O3/c28-22(25-17-9-15-3-1-2-4-16(15)10-17)21-11-20(30-26-21)12-29-19-7-5-18(6-8-19)27-14-23-13-24-27/h1-8,11,13-14,17H,9-10,12H2,(H,25,28). The maximum atomic E-state index is 12.5. The third-order valence-corrected chi connectivity index (χ3v) is 5.08. The second-order valence-electron chi connectivity index (χ2n) is 7.15. The zero-order valence-electron chi connectivity index (χ0n) is 16.1. The van der Waals surface area contributed by atoms with Crippen LogP contribution in [0.25, 0.3) is 5.69 Å². The molecule has 2 heterocycles. The van der Waals surface area contributed by atoms with Crippen molar-refractivity contribution in [1.29, 1.82) is 0 Å². The maximum absolute atomic E-state index is 12.5. The smallest absolute Gasteiger partial charge is 0.273 e. The maximum Gasteiger partial charge on any atom is 0.273 e. The number of benzene rings is 2. The molecule has 0 spiro atoms. The molecule has 0 radical (unpaired) electrons. The van der Waals surface area contributed by atoms with E-state index < -0.39 is 0 Å². The summed E-state index contributed by atoms with van der Waals surface area (Å²) >= 11 is 0. The number of hydrogen-bond acceptors (Lipinski definition) is 6. The van der Waals surface area contributed by atoms with Gasteiger partial charge in [0.2, 0.25) is 0 Å². The number of rotatable bonds is 6. The highest BCUT2D eigenvalue weighted by Crippen LogP contribution is 2.22. The van der Waals surface area contributed by atoms with Gasteiger partial charge in [-0.1, -0.05) is 29.4 Å². The summed E-state index contributed by atoms with van der Waals surface area (Å²) in [5, 5.41) is 11.0. The topological polar surface area (TPSA) is 95.1 Å². The number of amides is 1. The van der Waals surface area contributed by atoms with Gasteiger partial charge >= 0.3 is 0 Å². The first-order valence-corrected chi connectivity index (χ1v) is 9.66. The third-order valence-electron chi connectivity index (χ3n) is 5.08. The molecular formula is C22H19N5O3. The molecule has 0 atom stereocenters. The summed E-state index contributed by atoms with van der Waals surface area (Å²) in [6, 6.07) is 17.4. The summed E-state index contributed by atoms with van der Waals surface area (Å²) in [4.78, 5) is 16.4. The summed E-state index contributed by atoms with van der Waals surface area (Å²) in [6.45, 7) is 0.178. The van der Waals surface area contributed by atoms with Crippen molar-refractivity contribution in [2.45, 2.75) is 25.5 Å². The van der Waals surface area contributed by atoms with Gasteiger partial charge < -0.3 is 14.6 Å². The predicted octanol–water partition coefficient (Wildman–Crippen LogP) is 2.73.